The Balaban J connectivity index is 1.81. The largest absolute Gasteiger partial charge is 0.490 e. The Bertz CT molecular complexity index is 1350. The van der Waals surface area contributed by atoms with Gasteiger partial charge >= 0.3 is 5.97 Å². The summed E-state index contributed by atoms with van der Waals surface area (Å²) in [5.41, 5.74) is 0.173. The molecule has 33 heavy (non-hydrogen) atoms. The van der Waals surface area contributed by atoms with E-state index in [0.717, 1.165) is 6.26 Å². The number of carbonyl (C=O) groups is 2. The number of nitrogens with zero attached hydrogens (tertiary/aromatic N) is 3. The molecule has 0 bridgehead atoms. The number of hydrogen-bond donors (Lipinski definition) is 1. The van der Waals surface area contributed by atoms with Crippen LogP contribution in [0.4, 0.5) is 5.13 Å². The molecule has 1 aromatic carbocycles. The first-order chi connectivity index (χ1) is 15.7. The molecule has 0 fully saturated rings. The first kappa shape index (κ1) is 24.1. The van der Waals surface area contributed by atoms with Crippen molar-refractivity contribution in [3.05, 3.63) is 51.7 Å². The first-order valence-electron chi connectivity index (χ1n) is 9.20. The predicted octanol–water partition coefficient (Wildman–Crippen LogP) is 3.17. The van der Waals surface area contributed by atoms with Crippen LogP contribution in [0.25, 0.3) is 6.08 Å². The molecular formula is C20H16N4O6S3. The van der Waals surface area contributed by atoms with Crippen LogP contribution in [0.3, 0.4) is 0 Å². The number of sulfone groups is 1. The van der Waals surface area contributed by atoms with Crippen LogP contribution in [0.2, 0.25) is 0 Å². The molecule has 0 aliphatic carbocycles. The Morgan fingerprint density at radius 1 is 1.24 bits per heavy atom. The minimum Gasteiger partial charge on any atom is -0.490 e. The second-order valence-electron chi connectivity index (χ2n) is 6.28. The van der Waals surface area contributed by atoms with Gasteiger partial charge in [-0.1, -0.05) is 23.5 Å². The molecule has 0 aliphatic heterocycles. The van der Waals surface area contributed by atoms with E-state index in [4.69, 9.17) is 9.47 Å². The Morgan fingerprint density at radius 3 is 2.64 bits per heavy atom. The number of thiophene rings is 1. The summed E-state index contributed by atoms with van der Waals surface area (Å²) in [6, 6.07) is 9.73. The van der Waals surface area contributed by atoms with Crippen molar-refractivity contribution in [2.75, 3.05) is 18.2 Å². The average Bonchev–Trinajstić information content (AvgIpc) is 3.46. The fourth-order valence-corrected chi connectivity index (χ4v) is 4.50. The second kappa shape index (κ2) is 10.3. The highest BCUT2D eigenvalue weighted by Crippen LogP contribution is 2.30. The van der Waals surface area contributed by atoms with Crippen molar-refractivity contribution in [3.8, 4) is 17.6 Å². The van der Waals surface area contributed by atoms with E-state index in [1.807, 2.05) is 0 Å². The predicted molar refractivity (Wildman–Crippen MR) is 122 cm³/mol. The molecule has 1 amide bonds. The van der Waals surface area contributed by atoms with Crippen LogP contribution in [0.5, 0.6) is 11.5 Å². The first-order valence-corrected chi connectivity index (χ1v) is 12.8. The number of aromatic nitrogens is 2. The van der Waals surface area contributed by atoms with Crippen LogP contribution >= 0.6 is 22.7 Å². The summed E-state index contributed by atoms with van der Waals surface area (Å²) in [6.45, 7) is 2.05. The van der Waals surface area contributed by atoms with Gasteiger partial charge in [0.05, 0.1) is 6.61 Å². The maximum absolute atomic E-state index is 12.4. The third-order valence-electron chi connectivity index (χ3n) is 3.81. The van der Waals surface area contributed by atoms with Gasteiger partial charge in [-0.05, 0) is 42.1 Å². The molecule has 0 atom stereocenters. The highest BCUT2D eigenvalue weighted by Gasteiger charge is 2.18. The number of ether oxygens (including phenoxy) is 2. The normalized spacial score (nSPS) is 11.5. The summed E-state index contributed by atoms with van der Waals surface area (Å²) < 4.78 is 33.7. The number of esters is 1. The smallest absolute Gasteiger partial charge is 0.353 e. The third kappa shape index (κ3) is 6.22. The molecule has 13 heteroatoms. The molecule has 0 unspecified atom stereocenters. The Labute approximate surface area is 197 Å². The van der Waals surface area contributed by atoms with Gasteiger partial charge in [0.2, 0.25) is 19.3 Å². The van der Waals surface area contributed by atoms with E-state index >= 15 is 0 Å². The van der Waals surface area contributed by atoms with Gasteiger partial charge in [-0.25, -0.2) is 13.2 Å². The Hall–Kier alpha value is -3.60. The summed E-state index contributed by atoms with van der Waals surface area (Å²) in [5, 5.41) is 20.6. The minimum absolute atomic E-state index is 0.0626. The van der Waals surface area contributed by atoms with Crippen LogP contribution < -0.4 is 14.8 Å². The molecule has 3 rings (SSSR count). The van der Waals surface area contributed by atoms with Crippen molar-refractivity contribution in [1.29, 1.82) is 5.26 Å². The van der Waals surface area contributed by atoms with Crippen LogP contribution in [0.15, 0.2) is 45.6 Å². The SMILES string of the molecule is CCOc1cc(C=C(C#N)C(=O)Nc2nnc(S(C)(=O)=O)s2)ccc1OC(=O)c1cccs1. The monoisotopic (exact) mass is 504 g/mol. The van der Waals surface area contributed by atoms with Gasteiger partial charge in [-0.2, -0.15) is 5.26 Å². The molecule has 3 aromatic rings. The zero-order valence-corrected chi connectivity index (χ0v) is 19.7. The van der Waals surface area contributed by atoms with E-state index in [0.29, 0.717) is 28.4 Å². The Morgan fingerprint density at radius 2 is 2.03 bits per heavy atom. The number of nitriles is 1. The van der Waals surface area contributed by atoms with Crippen molar-refractivity contribution >= 4 is 55.6 Å². The topological polar surface area (TPSA) is 148 Å². The van der Waals surface area contributed by atoms with Gasteiger partial charge in [0.1, 0.15) is 16.5 Å². The van der Waals surface area contributed by atoms with Crippen molar-refractivity contribution in [2.45, 2.75) is 11.3 Å². The van der Waals surface area contributed by atoms with E-state index in [1.54, 1.807) is 36.6 Å². The van der Waals surface area contributed by atoms with Crippen molar-refractivity contribution in [3.63, 3.8) is 0 Å². The lowest BCUT2D eigenvalue weighted by atomic mass is 10.1. The number of nitrogens with one attached hydrogen (secondary N) is 1. The number of amides is 1. The molecule has 0 saturated heterocycles. The molecule has 170 valence electrons. The van der Waals surface area contributed by atoms with Gasteiger partial charge < -0.3 is 9.47 Å². The lowest BCUT2D eigenvalue weighted by Gasteiger charge is -2.11. The van der Waals surface area contributed by atoms with Crippen LogP contribution in [0.1, 0.15) is 22.2 Å². The quantitative estimate of drug-likeness (QED) is 0.160. The molecule has 1 N–H and O–H groups in total. The second-order valence-corrected chi connectivity index (χ2v) is 10.4. The molecular weight excluding hydrogens is 488 g/mol. The zero-order valence-electron chi connectivity index (χ0n) is 17.3. The molecule has 0 saturated carbocycles. The standard InChI is InChI=1S/C20H16N4O6S3/c1-3-29-15-10-12(6-7-14(15)30-18(26)16-5-4-8-31-16)9-13(11-21)17(25)22-19-23-24-20(32-19)33(2,27)28/h4-10H,3H2,1-2H3,(H,22,23,25). The van der Waals surface area contributed by atoms with Crippen molar-refractivity contribution in [2.24, 2.45) is 0 Å². The molecule has 0 aliphatic rings. The summed E-state index contributed by atoms with van der Waals surface area (Å²) in [6.07, 6.45) is 2.28. The number of hydrogen-bond acceptors (Lipinski definition) is 11. The van der Waals surface area contributed by atoms with Crippen LogP contribution in [0, 0.1) is 11.3 Å². The minimum atomic E-state index is -3.56. The third-order valence-corrected chi connectivity index (χ3v) is 7.17. The fraction of sp³-hybridized carbons (Fsp3) is 0.150. The maximum atomic E-state index is 12.4. The lowest BCUT2D eigenvalue weighted by molar-refractivity contribution is -0.112. The highest BCUT2D eigenvalue weighted by atomic mass is 32.2. The number of benzene rings is 1. The van der Waals surface area contributed by atoms with Gasteiger partial charge in [0.15, 0.2) is 11.5 Å². The fourth-order valence-electron chi connectivity index (χ4n) is 2.40. The molecule has 0 radical (unpaired) electrons. The van der Waals surface area contributed by atoms with E-state index in [2.05, 4.69) is 15.5 Å². The number of rotatable bonds is 8. The molecule has 0 spiro atoms. The van der Waals surface area contributed by atoms with Gasteiger partial charge in [-0.3, -0.25) is 10.1 Å². The maximum Gasteiger partial charge on any atom is 0.353 e. The number of anilines is 1. The lowest BCUT2D eigenvalue weighted by Crippen LogP contribution is -2.13. The molecule has 2 aromatic heterocycles. The summed E-state index contributed by atoms with van der Waals surface area (Å²) >= 11 is 1.91. The van der Waals surface area contributed by atoms with E-state index in [9.17, 15) is 23.3 Å². The molecule has 10 nitrogen and oxygen atoms in total. The number of carbonyl (C=O) groups excluding carboxylic acids is 2. The summed E-state index contributed by atoms with van der Waals surface area (Å²) in [7, 11) is -3.56. The van der Waals surface area contributed by atoms with E-state index in [-0.39, 0.29) is 26.5 Å². The summed E-state index contributed by atoms with van der Waals surface area (Å²) in [5.74, 6) is -0.870. The van der Waals surface area contributed by atoms with Crippen molar-refractivity contribution in [1.82, 2.24) is 10.2 Å². The van der Waals surface area contributed by atoms with E-state index in [1.165, 1.54) is 29.5 Å². The van der Waals surface area contributed by atoms with Gasteiger partial charge in [0, 0.05) is 6.26 Å². The zero-order chi connectivity index (χ0) is 24.0. The van der Waals surface area contributed by atoms with Gasteiger partial charge in [0.25, 0.3) is 5.91 Å². The van der Waals surface area contributed by atoms with Crippen LogP contribution in [-0.2, 0) is 14.6 Å². The van der Waals surface area contributed by atoms with Crippen LogP contribution in [-0.4, -0.2) is 43.4 Å². The van der Waals surface area contributed by atoms with Crippen molar-refractivity contribution < 1.29 is 27.5 Å². The Kier molecular flexibility index (Phi) is 7.54. The average molecular weight is 505 g/mol. The van der Waals surface area contributed by atoms with E-state index < -0.39 is 21.7 Å². The van der Waals surface area contributed by atoms with Gasteiger partial charge in [-0.15, -0.1) is 21.5 Å². The summed E-state index contributed by atoms with van der Waals surface area (Å²) in [4.78, 5) is 25.1. The highest BCUT2D eigenvalue weighted by molar-refractivity contribution is 7.92. The molecule has 2 heterocycles.